The van der Waals surface area contributed by atoms with Gasteiger partial charge in [0.1, 0.15) is 24.7 Å². The second kappa shape index (κ2) is 5.54. The Hall–Kier alpha value is -1.78. The van der Waals surface area contributed by atoms with Crippen LogP contribution in [-0.4, -0.2) is 29.3 Å². The first-order valence-electron chi connectivity index (χ1n) is 6.87. The summed E-state index contributed by atoms with van der Waals surface area (Å²) in [6.45, 7) is 0. The van der Waals surface area contributed by atoms with Gasteiger partial charge in [0.25, 0.3) is 0 Å². The number of halogens is 4. The molecule has 0 aliphatic heterocycles. The number of aromatic nitrogens is 1. The van der Waals surface area contributed by atoms with Crippen LogP contribution in [0.15, 0.2) is 48.8 Å². The van der Waals surface area contributed by atoms with Gasteiger partial charge in [-0.15, -0.1) is 0 Å². The summed E-state index contributed by atoms with van der Waals surface area (Å²) in [5, 5.41) is 0. The van der Waals surface area contributed by atoms with Crippen LogP contribution in [0.25, 0.3) is 5.69 Å². The minimum atomic E-state index is -2.01. The molecule has 0 spiro atoms. The molecule has 1 saturated carbocycles. The second-order valence-corrected chi connectivity index (χ2v) is 5.36. The van der Waals surface area contributed by atoms with E-state index in [1.165, 1.54) is 12.1 Å². The van der Waals surface area contributed by atoms with Crippen LogP contribution in [0, 0.1) is 0 Å². The van der Waals surface area contributed by atoms with Crippen molar-refractivity contribution in [2.45, 2.75) is 37.0 Å². The highest BCUT2D eigenvalue weighted by Gasteiger charge is 2.47. The van der Waals surface area contributed by atoms with Crippen molar-refractivity contribution in [2.75, 3.05) is 0 Å². The zero-order valence-electron chi connectivity index (χ0n) is 11.2. The Balaban J connectivity index is 1.88. The van der Waals surface area contributed by atoms with E-state index in [-0.39, 0.29) is 5.56 Å². The molecule has 1 nitrogen and oxygen atoms in total. The van der Waals surface area contributed by atoms with Crippen LogP contribution in [0.4, 0.5) is 17.6 Å². The molecule has 1 aliphatic carbocycles. The third-order valence-corrected chi connectivity index (χ3v) is 4.01. The highest BCUT2D eigenvalue weighted by molar-refractivity contribution is 5.37. The molecule has 0 N–H and O–H groups in total. The van der Waals surface area contributed by atoms with E-state index in [0.29, 0.717) is 0 Å². The van der Waals surface area contributed by atoms with Crippen LogP contribution in [0.5, 0.6) is 0 Å². The Kier molecular flexibility index (Phi) is 3.74. The van der Waals surface area contributed by atoms with E-state index in [9.17, 15) is 17.6 Å². The Bertz CT molecular complexity index is 567. The highest BCUT2D eigenvalue weighted by atomic mass is 19.2. The molecule has 5 heteroatoms. The molecule has 5 atom stereocenters. The first kappa shape index (κ1) is 14.2. The van der Waals surface area contributed by atoms with Crippen molar-refractivity contribution in [3.05, 3.63) is 54.4 Å². The maximum Gasteiger partial charge on any atom is 0.141 e. The van der Waals surface area contributed by atoms with Gasteiger partial charge in [-0.05, 0) is 29.8 Å². The molecule has 1 aliphatic rings. The van der Waals surface area contributed by atoms with E-state index in [1.54, 1.807) is 12.1 Å². The number of rotatable bonds is 2. The van der Waals surface area contributed by atoms with E-state index in [4.69, 9.17) is 0 Å². The Labute approximate surface area is 120 Å². The summed E-state index contributed by atoms with van der Waals surface area (Å²) in [4.78, 5) is 0. The lowest BCUT2D eigenvalue weighted by molar-refractivity contribution is -0.00570. The lowest BCUT2D eigenvalue weighted by Gasteiger charge is -2.34. The zero-order chi connectivity index (χ0) is 15.0. The van der Waals surface area contributed by atoms with Gasteiger partial charge >= 0.3 is 0 Å². The Morgan fingerprint density at radius 3 is 1.86 bits per heavy atom. The summed E-state index contributed by atoms with van der Waals surface area (Å²) in [5.74, 6) is -1.39. The number of benzene rings is 1. The number of hydrogen-bond donors (Lipinski definition) is 0. The highest BCUT2D eigenvalue weighted by Crippen LogP contribution is 2.40. The lowest BCUT2D eigenvalue weighted by Crippen LogP contribution is -2.43. The third kappa shape index (κ3) is 2.57. The van der Waals surface area contributed by atoms with Crippen LogP contribution in [0.3, 0.4) is 0 Å². The monoisotopic (exact) mass is 297 g/mol. The van der Waals surface area contributed by atoms with Crippen LogP contribution < -0.4 is 0 Å². The lowest BCUT2D eigenvalue weighted by atomic mass is 9.79. The van der Waals surface area contributed by atoms with Crippen molar-refractivity contribution in [3.63, 3.8) is 0 Å². The first-order chi connectivity index (χ1) is 10.1. The molecule has 1 fully saturated rings. The van der Waals surface area contributed by atoms with E-state index in [0.717, 1.165) is 5.69 Å². The molecule has 1 aromatic heterocycles. The summed E-state index contributed by atoms with van der Waals surface area (Å²) in [5.41, 5.74) is 1.11. The van der Waals surface area contributed by atoms with Crippen LogP contribution >= 0.6 is 0 Å². The zero-order valence-corrected chi connectivity index (χ0v) is 11.2. The van der Waals surface area contributed by atoms with E-state index < -0.39 is 37.0 Å². The Morgan fingerprint density at radius 1 is 0.810 bits per heavy atom. The Morgan fingerprint density at radius 2 is 1.33 bits per heavy atom. The maximum atomic E-state index is 13.9. The van der Waals surface area contributed by atoms with Crippen molar-refractivity contribution in [3.8, 4) is 5.69 Å². The van der Waals surface area contributed by atoms with Crippen LogP contribution in [0.1, 0.15) is 17.9 Å². The normalized spacial score (nSPS) is 33.0. The fourth-order valence-electron chi connectivity index (χ4n) is 2.84. The minimum absolute atomic E-state index is 0.288. The SMILES string of the molecule is F[C@@H]1C[C@H](F)[C@H](F)C(c2ccc(-n3cccc3)cc2)[C@@H]1F. The van der Waals surface area contributed by atoms with Crippen molar-refractivity contribution >= 4 is 0 Å². The van der Waals surface area contributed by atoms with Crippen LogP contribution in [0.2, 0.25) is 0 Å². The largest absolute Gasteiger partial charge is 0.324 e. The molecule has 0 amide bonds. The summed E-state index contributed by atoms with van der Waals surface area (Å²) in [7, 11) is 0. The van der Waals surface area contributed by atoms with Gasteiger partial charge in [0.2, 0.25) is 0 Å². The van der Waals surface area contributed by atoms with E-state index >= 15 is 0 Å². The van der Waals surface area contributed by atoms with Gasteiger partial charge in [-0.25, -0.2) is 17.6 Å². The van der Waals surface area contributed by atoms with Gasteiger partial charge < -0.3 is 4.57 Å². The number of hydrogen-bond acceptors (Lipinski definition) is 0. The molecule has 0 saturated heterocycles. The van der Waals surface area contributed by atoms with Gasteiger partial charge in [-0.3, -0.25) is 0 Å². The third-order valence-electron chi connectivity index (χ3n) is 4.01. The average Bonchev–Trinajstić information content (AvgIpc) is 3.00. The fourth-order valence-corrected chi connectivity index (χ4v) is 2.84. The molecule has 0 radical (unpaired) electrons. The molecule has 21 heavy (non-hydrogen) atoms. The predicted molar refractivity (Wildman–Crippen MR) is 72.7 cm³/mol. The van der Waals surface area contributed by atoms with Gasteiger partial charge in [0.15, 0.2) is 0 Å². The maximum absolute atomic E-state index is 13.9. The number of nitrogens with zero attached hydrogens (tertiary/aromatic N) is 1. The van der Waals surface area contributed by atoms with Crippen molar-refractivity contribution < 1.29 is 17.6 Å². The van der Waals surface area contributed by atoms with Gasteiger partial charge in [-0.1, -0.05) is 12.1 Å². The summed E-state index contributed by atoms with van der Waals surface area (Å²) in [6, 6.07) is 10.1. The quantitative estimate of drug-likeness (QED) is 0.728. The van der Waals surface area contributed by atoms with Crippen molar-refractivity contribution in [2.24, 2.45) is 0 Å². The molecule has 3 rings (SSSR count). The van der Waals surface area contributed by atoms with Gasteiger partial charge in [0, 0.05) is 24.5 Å². The second-order valence-electron chi connectivity index (χ2n) is 5.36. The minimum Gasteiger partial charge on any atom is -0.324 e. The summed E-state index contributed by atoms with van der Waals surface area (Å²) < 4.78 is 56.6. The van der Waals surface area contributed by atoms with Gasteiger partial charge in [0.05, 0.1) is 5.92 Å². The van der Waals surface area contributed by atoms with Gasteiger partial charge in [-0.2, -0.15) is 0 Å². The topological polar surface area (TPSA) is 4.93 Å². The summed E-state index contributed by atoms with van der Waals surface area (Å²) >= 11 is 0. The molecule has 0 bridgehead atoms. The summed E-state index contributed by atoms with van der Waals surface area (Å²) in [6.07, 6.45) is -4.97. The molecular formula is C16H15F4N. The average molecular weight is 297 g/mol. The van der Waals surface area contributed by atoms with Crippen molar-refractivity contribution in [1.82, 2.24) is 4.57 Å². The van der Waals surface area contributed by atoms with E-state index in [2.05, 4.69) is 0 Å². The van der Waals surface area contributed by atoms with Crippen molar-refractivity contribution in [1.29, 1.82) is 0 Å². The smallest absolute Gasteiger partial charge is 0.141 e. The fraction of sp³-hybridized carbons (Fsp3) is 0.375. The molecule has 1 aromatic carbocycles. The molecule has 112 valence electrons. The van der Waals surface area contributed by atoms with Crippen LogP contribution in [-0.2, 0) is 0 Å². The number of alkyl halides is 4. The standard InChI is InChI=1S/C16H15F4N/c17-12-9-13(18)16(20)14(15(12)19)10-3-5-11(6-4-10)21-7-1-2-8-21/h1-8,12-16H,9H2/t12-,13+,14?,15-,16+. The molecule has 1 heterocycles. The molecule has 1 unspecified atom stereocenters. The molecule has 2 aromatic rings. The molecular weight excluding hydrogens is 282 g/mol. The first-order valence-corrected chi connectivity index (χ1v) is 6.87. The van der Waals surface area contributed by atoms with E-state index in [1.807, 2.05) is 29.1 Å². The predicted octanol–water partition coefficient (Wildman–Crippen LogP) is 4.32.